The van der Waals surface area contributed by atoms with E-state index in [1.54, 1.807) is 11.8 Å². The number of hydrogen-bond acceptors (Lipinski definition) is 3. The highest BCUT2D eigenvalue weighted by Gasteiger charge is 2.47. The van der Waals surface area contributed by atoms with E-state index in [0.29, 0.717) is 13.2 Å². The number of thioether (sulfide) groups is 1. The maximum atomic E-state index is 9.43. The van der Waals surface area contributed by atoms with Gasteiger partial charge in [-0.25, -0.2) is 0 Å². The second-order valence-electron chi connectivity index (χ2n) is 3.13. The summed E-state index contributed by atoms with van der Waals surface area (Å²) >= 11 is 1.79. The van der Waals surface area contributed by atoms with Crippen LogP contribution in [0, 0.1) is 0 Å². The average Bonchev–Trinajstić information content (AvgIpc) is 2.54. The van der Waals surface area contributed by atoms with Crippen LogP contribution in [-0.4, -0.2) is 29.9 Å². The zero-order valence-corrected chi connectivity index (χ0v) is 7.28. The van der Waals surface area contributed by atoms with E-state index < -0.39 is 5.79 Å². The van der Waals surface area contributed by atoms with Crippen molar-refractivity contribution in [3.05, 3.63) is 11.1 Å². The Morgan fingerprint density at radius 3 is 3.09 bits per heavy atom. The molecule has 0 aliphatic carbocycles. The van der Waals surface area contributed by atoms with E-state index in [0.717, 1.165) is 5.88 Å². The third-order valence-electron chi connectivity index (χ3n) is 2.04. The summed E-state index contributed by atoms with van der Waals surface area (Å²) in [5.41, 5.74) is 1.30. The van der Waals surface area contributed by atoms with Gasteiger partial charge in [-0.1, -0.05) is 11.8 Å². The number of aliphatic hydroxyl groups is 1. The van der Waals surface area contributed by atoms with E-state index in [-0.39, 0.29) is 0 Å². The van der Waals surface area contributed by atoms with E-state index in [4.69, 9.17) is 4.74 Å². The fourth-order valence-corrected chi connectivity index (χ4v) is 2.20. The lowest BCUT2D eigenvalue weighted by Gasteiger charge is -2.14. The molecule has 3 nitrogen and oxygen atoms in total. The minimum Gasteiger partial charge on any atom is -0.359 e. The smallest absolute Gasteiger partial charge is 0.241 e. The highest BCUT2D eigenvalue weighted by atomic mass is 32.2. The Morgan fingerprint density at radius 1 is 1.91 bits per heavy atom. The first kappa shape index (κ1) is 7.61. The molecule has 0 radical (unpaired) electrons. The standard InChI is InChI=1S/C7H11NO2S/c1-6-2-11-5-8(6)3-7(9)4-10-7/h2,9H,3-5H2,1H3/p+1. The number of hydrogen-bond donors (Lipinski definition) is 2. The SMILES string of the molecule is CC1=CSC[NH+]1CC1(O)CO1. The highest BCUT2D eigenvalue weighted by Crippen LogP contribution is 2.21. The summed E-state index contributed by atoms with van der Waals surface area (Å²) in [4.78, 5) is 1.33. The molecule has 1 saturated heterocycles. The van der Waals surface area contributed by atoms with Crippen LogP contribution < -0.4 is 4.90 Å². The van der Waals surface area contributed by atoms with Crippen LogP contribution in [0.4, 0.5) is 0 Å². The number of quaternary nitrogens is 1. The van der Waals surface area contributed by atoms with Crippen LogP contribution >= 0.6 is 11.8 Å². The van der Waals surface area contributed by atoms with Crippen molar-refractivity contribution in [2.24, 2.45) is 0 Å². The van der Waals surface area contributed by atoms with Crippen molar-refractivity contribution < 1.29 is 14.7 Å². The van der Waals surface area contributed by atoms with Gasteiger partial charge >= 0.3 is 0 Å². The molecule has 62 valence electrons. The van der Waals surface area contributed by atoms with E-state index >= 15 is 0 Å². The molecule has 0 aromatic rings. The van der Waals surface area contributed by atoms with Gasteiger partial charge in [0.25, 0.3) is 0 Å². The van der Waals surface area contributed by atoms with Gasteiger partial charge in [0.2, 0.25) is 5.79 Å². The lowest BCUT2D eigenvalue weighted by Crippen LogP contribution is -3.09. The molecular weight excluding hydrogens is 162 g/mol. The molecule has 0 bridgehead atoms. The highest BCUT2D eigenvalue weighted by molar-refractivity contribution is 8.02. The van der Waals surface area contributed by atoms with Crippen molar-refractivity contribution in [1.82, 2.24) is 0 Å². The van der Waals surface area contributed by atoms with E-state index in [9.17, 15) is 5.11 Å². The number of rotatable bonds is 2. The molecule has 2 heterocycles. The average molecular weight is 174 g/mol. The quantitative estimate of drug-likeness (QED) is 0.536. The summed E-state index contributed by atoms with van der Waals surface area (Å²) in [6.45, 7) is 3.29. The molecule has 2 unspecified atom stereocenters. The van der Waals surface area contributed by atoms with Crippen molar-refractivity contribution in [3.8, 4) is 0 Å². The third kappa shape index (κ3) is 1.59. The molecule has 4 heteroatoms. The van der Waals surface area contributed by atoms with Gasteiger partial charge < -0.3 is 9.84 Å². The minimum absolute atomic E-state index is 0.508. The van der Waals surface area contributed by atoms with Crippen LogP contribution in [0.25, 0.3) is 0 Å². The fraction of sp³-hybridized carbons (Fsp3) is 0.714. The summed E-state index contributed by atoms with van der Waals surface area (Å²) in [6.07, 6.45) is 0. The second-order valence-corrected chi connectivity index (χ2v) is 3.98. The molecule has 0 amide bonds. The van der Waals surface area contributed by atoms with Gasteiger partial charge in [-0.05, 0) is 0 Å². The minimum atomic E-state index is -0.796. The number of ether oxygens (including phenoxy) is 1. The molecule has 0 saturated carbocycles. The van der Waals surface area contributed by atoms with Crippen LogP contribution in [0.2, 0.25) is 0 Å². The Bertz CT molecular complexity index is 201. The topological polar surface area (TPSA) is 37.2 Å². The monoisotopic (exact) mass is 174 g/mol. The number of allylic oxidation sites excluding steroid dienone is 1. The summed E-state index contributed by atoms with van der Waals surface area (Å²) in [7, 11) is 0. The van der Waals surface area contributed by atoms with Gasteiger partial charge in [0.1, 0.15) is 24.7 Å². The molecule has 2 rings (SSSR count). The summed E-state index contributed by atoms with van der Waals surface area (Å²) in [5, 5.41) is 11.6. The predicted molar refractivity (Wildman–Crippen MR) is 42.9 cm³/mol. The molecule has 2 atom stereocenters. The van der Waals surface area contributed by atoms with Crippen LogP contribution in [0.1, 0.15) is 6.92 Å². The molecular formula is C7H12NO2S+. The van der Waals surface area contributed by atoms with Crippen LogP contribution in [0.3, 0.4) is 0 Å². The maximum absolute atomic E-state index is 9.43. The summed E-state index contributed by atoms with van der Waals surface area (Å²) in [6, 6.07) is 0. The maximum Gasteiger partial charge on any atom is 0.241 e. The van der Waals surface area contributed by atoms with Crippen molar-refractivity contribution in [2.45, 2.75) is 12.7 Å². The normalized spacial score (nSPS) is 42.4. The lowest BCUT2D eigenvalue weighted by atomic mass is 10.3. The Hall–Kier alpha value is -0.0300. The van der Waals surface area contributed by atoms with Gasteiger partial charge in [-0.3, -0.25) is 4.90 Å². The molecule has 0 aromatic heterocycles. The molecule has 0 aromatic carbocycles. The van der Waals surface area contributed by atoms with Gasteiger partial charge in [0.05, 0.1) is 0 Å². The van der Waals surface area contributed by atoms with Crippen molar-refractivity contribution >= 4 is 11.8 Å². The van der Waals surface area contributed by atoms with Crippen molar-refractivity contribution in [3.63, 3.8) is 0 Å². The zero-order chi connectivity index (χ0) is 7.90. The Balaban J connectivity index is 1.91. The molecule has 2 N–H and O–H groups in total. The zero-order valence-electron chi connectivity index (χ0n) is 6.46. The van der Waals surface area contributed by atoms with Crippen LogP contribution in [0.15, 0.2) is 11.1 Å². The van der Waals surface area contributed by atoms with E-state index in [2.05, 4.69) is 12.3 Å². The Morgan fingerprint density at radius 2 is 2.64 bits per heavy atom. The van der Waals surface area contributed by atoms with Crippen molar-refractivity contribution in [1.29, 1.82) is 0 Å². The lowest BCUT2D eigenvalue weighted by molar-refractivity contribution is -0.851. The second kappa shape index (κ2) is 2.48. The first-order valence-corrected chi connectivity index (χ1v) is 4.74. The van der Waals surface area contributed by atoms with Gasteiger partial charge in [-0.15, -0.1) is 0 Å². The van der Waals surface area contributed by atoms with Crippen LogP contribution in [0.5, 0.6) is 0 Å². The third-order valence-corrected chi connectivity index (χ3v) is 3.08. The predicted octanol–water partition coefficient (Wildman–Crippen LogP) is -0.844. The van der Waals surface area contributed by atoms with E-state index in [1.807, 2.05) is 0 Å². The molecule has 0 spiro atoms. The summed E-state index contributed by atoms with van der Waals surface area (Å²) < 4.78 is 4.90. The van der Waals surface area contributed by atoms with Crippen LogP contribution in [-0.2, 0) is 4.74 Å². The van der Waals surface area contributed by atoms with Crippen molar-refractivity contribution in [2.75, 3.05) is 19.0 Å². The molecule has 11 heavy (non-hydrogen) atoms. The number of nitrogens with one attached hydrogen (secondary N) is 1. The summed E-state index contributed by atoms with van der Waals surface area (Å²) in [5.74, 6) is 0.229. The Labute approximate surface area is 70.0 Å². The van der Waals surface area contributed by atoms with Gasteiger partial charge in [-0.2, -0.15) is 0 Å². The molecule has 2 aliphatic heterocycles. The largest absolute Gasteiger partial charge is 0.359 e. The fourth-order valence-electron chi connectivity index (χ4n) is 1.17. The first-order chi connectivity index (χ1) is 5.20. The molecule has 1 fully saturated rings. The molecule has 2 aliphatic rings. The first-order valence-electron chi connectivity index (χ1n) is 3.69. The van der Waals surface area contributed by atoms with Gasteiger partial charge in [0, 0.05) is 12.3 Å². The van der Waals surface area contributed by atoms with Gasteiger partial charge in [0.15, 0.2) is 0 Å². The number of epoxide rings is 1. The Kier molecular flexibility index (Phi) is 1.72. The van der Waals surface area contributed by atoms with E-state index in [1.165, 1.54) is 10.6 Å².